The molecule has 70 valence electrons. The van der Waals surface area contributed by atoms with Gasteiger partial charge in [-0.3, -0.25) is 0 Å². The molecule has 1 heteroatoms. The fourth-order valence-electron chi connectivity index (χ4n) is 3.91. The van der Waals surface area contributed by atoms with Crippen LogP contribution in [0.1, 0.15) is 40.0 Å². The Morgan fingerprint density at radius 1 is 1.33 bits per heavy atom. The Labute approximate surface area is 75.2 Å². The third-order valence-electron chi connectivity index (χ3n) is 4.41. The Bertz CT molecular complexity index is 183. The first-order valence-corrected chi connectivity index (χ1v) is 5.21. The van der Waals surface area contributed by atoms with Crippen molar-refractivity contribution in [2.75, 3.05) is 0 Å². The topological polar surface area (TPSA) is 20.2 Å². The average Bonchev–Trinajstić information content (AvgIpc) is 2.41. The van der Waals surface area contributed by atoms with Gasteiger partial charge >= 0.3 is 0 Å². The lowest BCUT2D eigenvalue weighted by molar-refractivity contribution is 0.00840. The monoisotopic (exact) mass is 168 g/mol. The highest BCUT2D eigenvalue weighted by molar-refractivity contribution is 5.03. The van der Waals surface area contributed by atoms with Gasteiger partial charge in [0.25, 0.3) is 0 Å². The molecule has 0 aromatic carbocycles. The molecular formula is C11H20O. The predicted molar refractivity (Wildman–Crippen MR) is 49.8 cm³/mol. The van der Waals surface area contributed by atoms with E-state index in [1.807, 2.05) is 6.92 Å². The van der Waals surface area contributed by atoms with Crippen LogP contribution in [0.15, 0.2) is 0 Å². The summed E-state index contributed by atoms with van der Waals surface area (Å²) in [5.74, 6) is 2.28. The van der Waals surface area contributed by atoms with Gasteiger partial charge in [-0.15, -0.1) is 0 Å². The number of aliphatic hydroxyl groups excluding tert-OH is 1. The standard InChI is InChI=1S/C11H20O/c1-7(12)10-8-4-5-9(6-8)11(10,2)3/h7-10,12H,4-6H2,1-3H3/t7-,8+,9-,10+/m1/s1. The molecule has 0 saturated heterocycles. The van der Waals surface area contributed by atoms with E-state index in [2.05, 4.69) is 13.8 Å². The number of fused-ring (bicyclic) bond motifs is 2. The summed E-state index contributed by atoms with van der Waals surface area (Å²) in [4.78, 5) is 0. The van der Waals surface area contributed by atoms with Crippen LogP contribution in [-0.4, -0.2) is 11.2 Å². The van der Waals surface area contributed by atoms with Crippen LogP contribution in [0, 0.1) is 23.2 Å². The van der Waals surface area contributed by atoms with Crippen molar-refractivity contribution in [2.24, 2.45) is 23.2 Å². The molecule has 2 rings (SSSR count). The molecule has 0 unspecified atom stereocenters. The third kappa shape index (κ3) is 0.953. The van der Waals surface area contributed by atoms with Crippen LogP contribution in [0.5, 0.6) is 0 Å². The van der Waals surface area contributed by atoms with E-state index in [1.54, 1.807) is 0 Å². The Morgan fingerprint density at radius 2 is 2.00 bits per heavy atom. The summed E-state index contributed by atoms with van der Waals surface area (Å²) in [5, 5.41) is 9.71. The molecule has 2 saturated carbocycles. The Kier molecular flexibility index (Phi) is 1.76. The van der Waals surface area contributed by atoms with Gasteiger partial charge in [0.1, 0.15) is 0 Å². The van der Waals surface area contributed by atoms with E-state index >= 15 is 0 Å². The molecule has 0 amide bonds. The van der Waals surface area contributed by atoms with Crippen molar-refractivity contribution in [3.05, 3.63) is 0 Å². The van der Waals surface area contributed by atoms with Gasteiger partial charge in [-0.05, 0) is 49.4 Å². The zero-order chi connectivity index (χ0) is 8.93. The van der Waals surface area contributed by atoms with Crippen LogP contribution in [0.2, 0.25) is 0 Å². The molecule has 12 heavy (non-hydrogen) atoms. The average molecular weight is 168 g/mol. The zero-order valence-corrected chi connectivity index (χ0v) is 8.38. The summed E-state index contributed by atoms with van der Waals surface area (Å²) >= 11 is 0. The van der Waals surface area contributed by atoms with Crippen molar-refractivity contribution in [1.29, 1.82) is 0 Å². The van der Waals surface area contributed by atoms with Gasteiger partial charge in [-0.2, -0.15) is 0 Å². The normalized spacial score (nSPS) is 46.5. The zero-order valence-electron chi connectivity index (χ0n) is 8.38. The van der Waals surface area contributed by atoms with Gasteiger partial charge in [0, 0.05) is 0 Å². The second-order valence-corrected chi connectivity index (χ2v) is 5.36. The summed E-state index contributed by atoms with van der Waals surface area (Å²) in [6.07, 6.45) is 4.04. The quantitative estimate of drug-likeness (QED) is 0.637. The molecule has 2 aliphatic rings. The lowest BCUT2D eigenvalue weighted by atomic mass is 9.67. The maximum Gasteiger partial charge on any atom is 0.0548 e. The van der Waals surface area contributed by atoms with E-state index < -0.39 is 0 Å². The number of rotatable bonds is 1. The van der Waals surface area contributed by atoms with Crippen LogP contribution in [0.25, 0.3) is 0 Å². The molecule has 0 aliphatic heterocycles. The minimum atomic E-state index is -0.102. The molecule has 0 radical (unpaired) electrons. The molecule has 4 atom stereocenters. The van der Waals surface area contributed by atoms with Crippen LogP contribution < -0.4 is 0 Å². The van der Waals surface area contributed by atoms with Gasteiger partial charge in [0.2, 0.25) is 0 Å². The Hall–Kier alpha value is -0.0400. The molecule has 0 aromatic heterocycles. The SMILES string of the molecule is C[C@@H](O)[C@H]1[C@H]2CC[C@H](C2)C1(C)C. The highest BCUT2D eigenvalue weighted by Crippen LogP contribution is 2.60. The summed E-state index contributed by atoms with van der Waals surface area (Å²) in [5.41, 5.74) is 0.400. The highest BCUT2D eigenvalue weighted by Gasteiger charge is 2.53. The largest absolute Gasteiger partial charge is 0.393 e. The number of hydrogen-bond acceptors (Lipinski definition) is 1. The molecule has 0 heterocycles. The van der Waals surface area contributed by atoms with Gasteiger partial charge < -0.3 is 5.11 Å². The third-order valence-corrected chi connectivity index (χ3v) is 4.41. The molecule has 2 fully saturated rings. The van der Waals surface area contributed by atoms with E-state index in [0.717, 1.165) is 11.8 Å². The van der Waals surface area contributed by atoms with Crippen LogP contribution in [-0.2, 0) is 0 Å². The maximum absolute atomic E-state index is 9.71. The first-order chi connectivity index (χ1) is 5.53. The van der Waals surface area contributed by atoms with Gasteiger partial charge in [-0.25, -0.2) is 0 Å². The molecule has 2 aliphatic carbocycles. The lowest BCUT2D eigenvalue weighted by Gasteiger charge is -2.40. The van der Waals surface area contributed by atoms with Crippen molar-refractivity contribution in [2.45, 2.75) is 46.1 Å². The molecule has 2 bridgehead atoms. The van der Waals surface area contributed by atoms with Crippen molar-refractivity contribution < 1.29 is 5.11 Å². The van der Waals surface area contributed by atoms with Crippen molar-refractivity contribution in [3.8, 4) is 0 Å². The van der Waals surface area contributed by atoms with Crippen LogP contribution in [0.4, 0.5) is 0 Å². The first kappa shape index (κ1) is 8.55. The first-order valence-electron chi connectivity index (χ1n) is 5.21. The lowest BCUT2D eigenvalue weighted by Crippen LogP contribution is -2.37. The van der Waals surface area contributed by atoms with Gasteiger partial charge in [0.15, 0.2) is 0 Å². The number of hydrogen-bond donors (Lipinski definition) is 1. The minimum absolute atomic E-state index is 0.102. The van der Waals surface area contributed by atoms with Crippen LogP contribution in [0.3, 0.4) is 0 Å². The van der Waals surface area contributed by atoms with Gasteiger partial charge in [-0.1, -0.05) is 13.8 Å². The summed E-state index contributed by atoms with van der Waals surface area (Å²) < 4.78 is 0. The Balaban J connectivity index is 2.23. The molecule has 1 nitrogen and oxygen atoms in total. The fourth-order valence-corrected chi connectivity index (χ4v) is 3.91. The smallest absolute Gasteiger partial charge is 0.0548 e. The Morgan fingerprint density at radius 3 is 2.33 bits per heavy atom. The van der Waals surface area contributed by atoms with Gasteiger partial charge in [0.05, 0.1) is 6.10 Å². The minimum Gasteiger partial charge on any atom is -0.393 e. The molecule has 0 spiro atoms. The van der Waals surface area contributed by atoms with Crippen molar-refractivity contribution >= 4 is 0 Å². The fraction of sp³-hybridized carbons (Fsp3) is 1.00. The van der Waals surface area contributed by atoms with E-state index in [9.17, 15) is 5.11 Å². The molecular weight excluding hydrogens is 148 g/mol. The maximum atomic E-state index is 9.71. The van der Waals surface area contributed by atoms with E-state index in [-0.39, 0.29) is 6.10 Å². The molecule has 1 N–H and O–H groups in total. The van der Waals surface area contributed by atoms with Crippen molar-refractivity contribution in [1.82, 2.24) is 0 Å². The van der Waals surface area contributed by atoms with E-state index in [4.69, 9.17) is 0 Å². The second-order valence-electron chi connectivity index (χ2n) is 5.36. The van der Waals surface area contributed by atoms with E-state index in [1.165, 1.54) is 19.3 Å². The van der Waals surface area contributed by atoms with E-state index in [0.29, 0.717) is 11.3 Å². The molecule has 0 aromatic rings. The predicted octanol–water partition coefficient (Wildman–Crippen LogP) is 2.44. The summed E-state index contributed by atoms with van der Waals surface area (Å²) in [6, 6.07) is 0. The second kappa shape index (κ2) is 2.47. The highest BCUT2D eigenvalue weighted by atomic mass is 16.3. The summed E-state index contributed by atoms with van der Waals surface area (Å²) in [6.45, 7) is 6.65. The number of aliphatic hydroxyl groups is 1. The van der Waals surface area contributed by atoms with Crippen molar-refractivity contribution in [3.63, 3.8) is 0 Å². The van der Waals surface area contributed by atoms with Crippen LogP contribution >= 0.6 is 0 Å². The summed E-state index contributed by atoms with van der Waals surface area (Å²) in [7, 11) is 0.